The number of nitrogens with one attached hydrogen (secondary N) is 1. The van der Waals surface area contributed by atoms with Crippen LogP contribution in [-0.2, 0) is 16.1 Å². The van der Waals surface area contributed by atoms with Crippen molar-refractivity contribution in [1.82, 2.24) is 9.55 Å². The molecular weight excluding hydrogens is 335 g/mol. The average molecular weight is 347 g/mol. The number of nitrogens with zero attached hydrogens (tertiary/aromatic N) is 1. The predicted octanol–water partition coefficient (Wildman–Crippen LogP) is 3.55. The van der Waals surface area contributed by atoms with Crippen molar-refractivity contribution >= 4 is 45.2 Å². The number of carbonyl (C=O) groups is 1. The van der Waals surface area contributed by atoms with Gasteiger partial charge in [0.25, 0.3) is 0 Å². The molecule has 0 aliphatic carbocycles. The molecular formula is C12H12BrFN2O2S. The van der Waals surface area contributed by atoms with E-state index in [0.717, 1.165) is 5.52 Å². The largest absolute Gasteiger partial charge is 0.466 e. The molecule has 0 unspecified atom stereocenters. The van der Waals surface area contributed by atoms with Gasteiger partial charge in [-0.2, -0.15) is 0 Å². The molecule has 19 heavy (non-hydrogen) atoms. The zero-order valence-corrected chi connectivity index (χ0v) is 12.6. The number of hydrogen-bond donors (Lipinski definition) is 1. The summed E-state index contributed by atoms with van der Waals surface area (Å²) in [4.78, 5) is 14.3. The van der Waals surface area contributed by atoms with Gasteiger partial charge in [0.05, 0.1) is 28.5 Å². The van der Waals surface area contributed by atoms with Gasteiger partial charge < -0.3 is 14.3 Å². The molecule has 0 spiro atoms. The second-order valence-electron chi connectivity index (χ2n) is 3.92. The second kappa shape index (κ2) is 5.83. The Kier molecular flexibility index (Phi) is 4.36. The van der Waals surface area contributed by atoms with Gasteiger partial charge in [0.2, 0.25) is 0 Å². The molecule has 1 N–H and O–H groups in total. The molecule has 7 heteroatoms. The van der Waals surface area contributed by atoms with Crippen molar-refractivity contribution in [3.63, 3.8) is 0 Å². The Bertz CT molecular complexity index is 680. The second-order valence-corrected chi connectivity index (χ2v) is 5.16. The summed E-state index contributed by atoms with van der Waals surface area (Å²) in [5.74, 6) is -0.638. The molecule has 2 aromatic rings. The van der Waals surface area contributed by atoms with E-state index < -0.39 is 0 Å². The number of carbonyl (C=O) groups excluding carboxylic acids is 1. The number of aromatic nitrogens is 2. The molecule has 102 valence electrons. The minimum absolute atomic E-state index is 0.226. The van der Waals surface area contributed by atoms with E-state index >= 15 is 0 Å². The predicted molar refractivity (Wildman–Crippen MR) is 76.0 cm³/mol. The molecule has 0 amide bonds. The molecule has 4 nitrogen and oxygen atoms in total. The zero-order chi connectivity index (χ0) is 14.0. The number of halogens is 2. The number of imidazole rings is 1. The summed E-state index contributed by atoms with van der Waals surface area (Å²) >= 11 is 8.31. The molecule has 0 aliphatic rings. The topological polar surface area (TPSA) is 47.0 Å². The van der Waals surface area contributed by atoms with Crippen LogP contribution in [0.3, 0.4) is 0 Å². The number of H-pyrrole nitrogens is 1. The molecule has 1 aromatic carbocycles. The minimum atomic E-state index is -0.360. The summed E-state index contributed by atoms with van der Waals surface area (Å²) in [5.41, 5.74) is 1.36. The van der Waals surface area contributed by atoms with Crippen LogP contribution in [0.4, 0.5) is 4.39 Å². The first-order valence-corrected chi connectivity index (χ1v) is 6.96. The Morgan fingerprint density at radius 2 is 2.32 bits per heavy atom. The quantitative estimate of drug-likeness (QED) is 0.680. The number of rotatable bonds is 4. The number of esters is 1. The van der Waals surface area contributed by atoms with Gasteiger partial charge in [0.15, 0.2) is 4.77 Å². The third kappa shape index (κ3) is 3.03. The zero-order valence-electron chi connectivity index (χ0n) is 10.2. The number of hydrogen-bond acceptors (Lipinski definition) is 3. The van der Waals surface area contributed by atoms with Crippen LogP contribution in [0.5, 0.6) is 0 Å². The van der Waals surface area contributed by atoms with Crippen molar-refractivity contribution in [2.24, 2.45) is 0 Å². The van der Waals surface area contributed by atoms with E-state index in [1.165, 1.54) is 6.07 Å². The fourth-order valence-corrected chi connectivity index (χ4v) is 2.44. The van der Waals surface area contributed by atoms with Gasteiger partial charge in [-0.05, 0) is 41.1 Å². The first kappa shape index (κ1) is 14.2. The number of aromatic amines is 1. The standard InChI is InChI=1S/C12H12BrFN2O2S/c1-2-18-11(17)3-4-16-10-5-7(13)8(14)6-9(10)15-12(16)19/h5-6H,2-4H2,1H3,(H,15,19). The van der Waals surface area contributed by atoms with Gasteiger partial charge >= 0.3 is 5.97 Å². The lowest BCUT2D eigenvalue weighted by molar-refractivity contribution is -0.143. The molecule has 0 saturated carbocycles. The van der Waals surface area contributed by atoms with E-state index in [4.69, 9.17) is 17.0 Å². The average Bonchev–Trinajstić information content (AvgIpc) is 2.63. The van der Waals surface area contributed by atoms with Crippen molar-refractivity contribution in [3.8, 4) is 0 Å². The molecule has 0 bridgehead atoms. The van der Waals surface area contributed by atoms with E-state index in [1.54, 1.807) is 17.6 Å². The van der Waals surface area contributed by atoms with Crippen LogP contribution in [0.25, 0.3) is 11.0 Å². The smallest absolute Gasteiger partial charge is 0.307 e. The van der Waals surface area contributed by atoms with E-state index in [2.05, 4.69) is 20.9 Å². The van der Waals surface area contributed by atoms with Crippen LogP contribution in [0.15, 0.2) is 16.6 Å². The molecule has 0 atom stereocenters. The Balaban J connectivity index is 2.32. The van der Waals surface area contributed by atoms with Gasteiger partial charge in [-0.25, -0.2) is 4.39 Å². The maximum Gasteiger partial charge on any atom is 0.307 e. The van der Waals surface area contributed by atoms with E-state index in [9.17, 15) is 9.18 Å². The number of fused-ring (bicyclic) bond motifs is 1. The van der Waals surface area contributed by atoms with E-state index in [0.29, 0.717) is 27.9 Å². The Hall–Kier alpha value is -1.21. The van der Waals surface area contributed by atoms with Gasteiger partial charge in [-0.3, -0.25) is 4.79 Å². The lowest BCUT2D eigenvalue weighted by Gasteiger charge is -2.05. The monoisotopic (exact) mass is 346 g/mol. The summed E-state index contributed by atoms with van der Waals surface area (Å²) in [7, 11) is 0. The van der Waals surface area contributed by atoms with Crippen molar-refractivity contribution in [3.05, 3.63) is 27.2 Å². The minimum Gasteiger partial charge on any atom is -0.466 e. The molecule has 2 rings (SSSR count). The summed E-state index contributed by atoms with van der Waals surface area (Å²) in [5, 5.41) is 0. The highest BCUT2D eigenvalue weighted by atomic mass is 79.9. The molecule has 1 aromatic heterocycles. The van der Waals surface area contributed by atoms with Crippen LogP contribution < -0.4 is 0 Å². The normalized spacial score (nSPS) is 10.9. The molecule has 0 fully saturated rings. The Morgan fingerprint density at radius 1 is 1.58 bits per heavy atom. The Labute approximate surface area is 122 Å². The van der Waals surface area contributed by atoms with E-state index in [1.807, 2.05) is 0 Å². The first-order chi connectivity index (χ1) is 9.02. The SMILES string of the molecule is CCOC(=O)CCn1c(=S)[nH]c2cc(F)c(Br)cc21. The van der Waals surface area contributed by atoms with Crippen molar-refractivity contribution < 1.29 is 13.9 Å². The van der Waals surface area contributed by atoms with Crippen LogP contribution in [0.2, 0.25) is 0 Å². The lowest BCUT2D eigenvalue weighted by atomic mass is 10.3. The highest BCUT2D eigenvalue weighted by molar-refractivity contribution is 9.10. The van der Waals surface area contributed by atoms with E-state index in [-0.39, 0.29) is 18.2 Å². The fourth-order valence-electron chi connectivity index (χ4n) is 1.81. The maximum absolute atomic E-state index is 13.4. The third-order valence-corrected chi connectivity index (χ3v) is 3.59. The maximum atomic E-state index is 13.4. The highest BCUT2D eigenvalue weighted by Crippen LogP contribution is 2.23. The van der Waals surface area contributed by atoms with Crippen LogP contribution in [0.1, 0.15) is 13.3 Å². The van der Waals surface area contributed by atoms with Crippen molar-refractivity contribution in [2.45, 2.75) is 19.9 Å². The van der Waals surface area contributed by atoms with Crippen molar-refractivity contribution in [1.29, 1.82) is 0 Å². The number of benzene rings is 1. The summed E-state index contributed by atoms with van der Waals surface area (Å²) in [6, 6.07) is 3.01. The fraction of sp³-hybridized carbons (Fsp3) is 0.333. The van der Waals surface area contributed by atoms with Gasteiger partial charge in [0.1, 0.15) is 5.82 Å². The highest BCUT2D eigenvalue weighted by Gasteiger charge is 2.10. The van der Waals surface area contributed by atoms with Crippen LogP contribution >= 0.6 is 28.1 Å². The van der Waals surface area contributed by atoms with Crippen molar-refractivity contribution in [2.75, 3.05) is 6.61 Å². The summed E-state index contributed by atoms with van der Waals surface area (Å²) < 4.78 is 20.9. The summed E-state index contributed by atoms with van der Waals surface area (Å²) in [6.07, 6.45) is 0.226. The van der Waals surface area contributed by atoms with Gasteiger partial charge in [0, 0.05) is 12.6 Å². The third-order valence-electron chi connectivity index (χ3n) is 2.66. The summed E-state index contributed by atoms with van der Waals surface area (Å²) in [6.45, 7) is 2.51. The van der Waals surface area contributed by atoms with Crippen LogP contribution in [0, 0.1) is 10.6 Å². The number of ether oxygens (including phenoxy) is 1. The molecule has 0 aliphatic heterocycles. The number of aryl methyl sites for hydroxylation is 1. The van der Waals surface area contributed by atoms with Gasteiger partial charge in [-0.15, -0.1) is 0 Å². The Morgan fingerprint density at radius 3 is 3.00 bits per heavy atom. The molecule has 1 heterocycles. The van der Waals surface area contributed by atoms with Gasteiger partial charge in [-0.1, -0.05) is 0 Å². The van der Waals surface area contributed by atoms with Crippen LogP contribution in [-0.4, -0.2) is 22.1 Å². The molecule has 0 radical (unpaired) electrons. The first-order valence-electron chi connectivity index (χ1n) is 5.76. The lowest BCUT2D eigenvalue weighted by Crippen LogP contribution is -2.09. The molecule has 0 saturated heterocycles.